The second-order valence-electron chi connectivity index (χ2n) is 4.83. The molecule has 1 aliphatic carbocycles. The van der Waals surface area contributed by atoms with Crippen LogP contribution >= 0.6 is 0 Å². The lowest BCUT2D eigenvalue weighted by atomic mass is 9.93. The maximum absolute atomic E-state index is 9.98. The second-order valence-corrected chi connectivity index (χ2v) is 4.83. The van der Waals surface area contributed by atoms with Crippen LogP contribution in [0.1, 0.15) is 59.3 Å². The van der Waals surface area contributed by atoms with Crippen LogP contribution in [0.5, 0.6) is 0 Å². The molecular weight excluding hydrogens is 160 g/mol. The summed E-state index contributed by atoms with van der Waals surface area (Å²) in [5.41, 5.74) is 0.280. The molecule has 78 valence electrons. The van der Waals surface area contributed by atoms with Gasteiger partial charge >= 0.3 is 0 Å². The first kappa shape index (κ1) is 11.0. The van der Waals surface area contributed by atoms with Crippen molar-refractivity contribution in [3.05, 3.63) is 0 Å². The number of hydrogen-bond donors (Lipinski definition) is 1. The van der Waals surface area contributed by atoms with Gasteiger partial charge in [-0.25, -0.2) is 0 Å². The predicted octanol–water partition coefficient (Wildman–Crippen LogP) is 3.36. The largest absolute Gasteiger partial charge is 0.393 e. The molecule has 0 aliphatic heterocycles. The Morgan fingerprint density at radius 2 is 2.08 bits per heavy atom. The van der Waals surface area contributed by atoms with Crippen molar-refractivity contribution in [2.24, 2.45) is 11.3 Å². The van der Waals surface area contributed by atoms with E-state index >= 15 is 0 Å². The summed E-state index contributed by atoms with van der Waals surface area (Å²) >= 11 is 0. The molecule has 0 radical (unpaired) electrons. The Hall–Kier alpha value is -0.0400. The average molecular weight is 184 g/mol. The van der Waals surface area contributed by atoms with Gasteiger partial charge in [-0.15, -0.1) is 0 Å². The van der Waals surface area contributed by atoms with E-state index in [9.17, 15) is 5.11 Å². The third kappa shape index (κ3) is 2.46. The summed E-state index contributed by atoms with van der Waals surface area (Å²) in [6.07, 6.45) is 7.18. The van der Waals surface area contributed by atoms with Crippen molar-refractivity contribution in [1.82, 2.24) is 0 Å². The van der Waals surface area contributed by atoms with E-state index in [-0.39, 0.29) is 11.5 Å². The molecule has 1 N–H and O–H groups in total. The minimum absolute atomic E-state index is 0.0380. The summed E-state index contributed by atoms with van der Waals surface area (Å²) in [7, 11) is 0. The maximum Gasteiger partial charge on any atom is 0.0596 e. The molecule has 0 heterocycles. The zero-order valence-corrected chi connectivity index (χ0v) is 9.34. The van der Waals surface area contributed by atoms with Crippen molar-refractivity contribution in [2.75, 3.05) is 0 Å². The van der Waals surface area contributed by atoms with Crippen molar-refractivity contribution in [1.29, 1.82) is 0 Å². The third-order valence-corrected chi connectivity index (χ3v) is 3.79. The summed E-state index contributed by atoms with van der Waals surface area (Å²) in [6, 6.07) is 0. The lowest BCUT2D eigenvalue weighted by molar-refractivity contribution is 0.0817. The Balaban J connectivity index is 2.20. The SMILES string of the molecule is CCCCC[C@@H](O)[C@]1(C)C[C@H]1CC. The number of hydrogen-bond acceptors (Lipinski definition) is 1. The summed E-state index contributed by atoms with van der Waals surface area (Å²) in [5.74, 6) is 0.795. The van der Waals surface area contributed by atoms with Crippen molar-refractivity contribution < 1.29 is 5.11 Å². The molecule has 1 heteroatoms. The van der Waals surface area contributed by atoms with Gasteiger partial charge in [-0.2, -0.15) is 0 Å². The van der Waals surface area contributed by atoms with Crippen LogP contribution in [0, 0.1) is 11.3 Å². The molecule has 3 atom stereocenters. The Kier molecular flexibility index (Phi) is 3.78. The van der Waals surface area contributed by atoms with Crippen molar-refractivity contribution >= 4 is 0 Å². The monoisotopic (exact) mass is 184 g/mol. The van der Waals surface area contributed by atoms with Crippen LogP contribution in [-0.4, -0.2) is 11.2 Å². The second kappa shape index (κ2) is 4.45. The summed E-state index contributed by atoms with van der Waals surface area (Å²) in [5, 5.41) is 9.98. The topological polar surface area (TPSA) is 20.2 Å². The van der Waals surface area contributed by atoms with E-state index in [2.05, 4.69) is 20.8 Å². The average Bonchev–Trinajstić information content (AvgIpc) is 2.79. The van der Waals surface area contributed by atoms with Crippen LogP contribution in [0.3, 0.4) is 0 Å². The van der Waals surface area contributed by atoms with Crippen LogP contribution in [-0.2, 0) is 0 Å². The van der Waals surface area contributed by atoms with E-state index in [1.54, 1.807) is 0 Å². The predicted molar refractivity (Wildman–Crippen MR) is 56.7 cm³/mol. The molecule has 1 nitrogen and oxygen atoms in total. The first-order chi connectivity index (χ1) is 6.15. The Bertz CT molecular complexity index is 155. The van der Waals surface area contributed by atoms with E-state index in [4.69, 9.17) is 0 Å². The van der Waals surface area contributed by atoms with Gasteiger partial charge in [-0.05, 0) is 24.2 Å². The Morgan fingerprint density at radius 1 is 1.38 bits per heavy atom. The number of aliphatic hydroxyl groups excluding tert-OH is 1. The number of rotatable bonds is 6. The van der Waals surface area contributed by atoms with Gasteiger partial charge in [0.05, 0.1) is 6.10 Å². The molecule has 1 aliphatic rings. The van der Waals surface area contributed by atoms with Gasteiger partial charge in [0.2, 0.25) is 0 Å². The molecule has 0 bridgehead atoms. The van der Waals surface area contributed by atoms with E-state index in [1.165, 1.54) is 32.1 Å². The minimum Gasteiger partial charge on any atom is -0.393 e. The fourth-order valence-corrected chi connectivity index (χ4v) is 2.41. The van der Waals surface area contributed by atoms with Gasteiger partial charge < -0.3 is 5.11 Å². The number of unbranched alkanes of at least 4 members (excludes halogenated alkanes) is 2. The highest BCUT2D eigenvalue weighted by molar-refractivity contribution is 5.02. The van der Waals surface area contributed by atoms with E-state index < -0.39 is 0 Å². The molecule has 1 rings (SSSR count). The highest BCUT2D eigenvalue weighted by atomic mass is 16.3. The van der Waals surface area contributed by atoms with Gasteiger partial charge in [0, 0.05) is 0 Å². The maximum atomic E-state index is 9.98. The van der Waals surface area contributed by atoms with Crippen LogP contribution in [0.15, 0.2) is 0 Å². The van der Waals surface area contributed by atoms with Crippen molar-refractivity contribution in [3.8, 4) is 0 Å². The number of aliphatic hydroxyl groups is 1. The normalized spacial score (nSPS) is 34.6. The highest BCUT2D eigenvalue weighted by Crippen LogP contribution is 2.57. The summed E-state index contributed by atoms with van der Waals surface area (Å²) < 4.78 is 0. The fourth-order valence-electron chi connectivity index (χ4n) is 2.41. The zero-order chi connectivity index (χ0) is 9.90. The smallest absolute Gasteiger partial charge is 0.0596 e. The van der Waals surface area contributed by atoms with E-state index in [0.29, 0.717) is 0 Å². The van der Waals surface area contributed by atoms with Crippen LogP contribution in [0.2, 0.25) is 0 Å². The molecule has 13 heavy (non-hydrogen) atoms. The molecular formula is C12H24O. The van der Waals surface area contributed by atoms with E-state index in [0.717, 1.165) is 12.3 Å². The third-order valence-electron chi connectivity index (χ3n) is 3.79. The molecule has 0 aromatic rings. The molecule has 0 aromatic carbocycles. The first-order valence-electron chi connectivity index (χ1n) is 5.83. The molecule has 1 fully saturated rings. The molecule has 0 saturated heterocycles. The van der Waals surface area contributed by atoms with Gasteiger partial charge in [-0.3, -0.25) is 0 Å². The van der Waals surface area contributed by atoms with Gasteiger partial charge in [0.1, 0.15) is 0 Å². The standard InChI is InChI=1S/C12H24O/c1-4-6-7-8-11(13)12(3)9-10(12)5-2/h10-11,13H,4-9H2,1-3H3/t10-,11-,12-/m1/s1. The minimum atomic E-state index is -0.0380. The fraction of sp³-hybridized carbons (Fsp3) is 1.00. The first-order valence-corrected chi connectivity index (χ1v) is 5.83. The van der Waals surface area contributed by atoms with Crippen LogP contribution < -0.4 is 0 Å². The molecule has 0 aromatic heterocycles. The van der Waals surface area contributed by atoms with Crippen LogP contribution in [0.4, 0.5) is 0 Å². The van der Waals surface area contributed by atoms with Gasteiger partial charge in [0.25, 0.3) is 0 Å². The van der Waals surface area contributed by atoms with Crippen molar-refractivity contribution in [3.63, 3.8) is 0 Å². The zero-order valence-electron chi connectivity index (χ0n) is 9.34. The Labute approximate surface area is 82.5 Å². The molecule has 0 spiro atoms. The molecule has 0 amide bonds. The van der Waals surface area contributed by atoms with Gasteiger partial charge in [-0.1, -0.05) is 46.5 Å². The quantitative estimate of drug-likeness (QED) is 0.627. The lowest BCUT2D eigenvalue weighted by Crippen LogP contribution is -2.20. The van der Waals surface area contributed by atoms with Crippen molar-refractivity contribution in [2.45, 2.75) is 65.4 Å². The molecule has 0 unspecified atom stereocenters. The summed E-state index contributed by atoms with van der Waals surface area (Å²) in [4.78, 5) is 0. The van der Waals surface area contributed by atoms with Gasteiger partial charge in [0.15, 0.2) is 0 Å². The highest BCUT2D eigenvalue weighted by Gasteiger charge is 2.52. The van der Waals surface area contributed by atoms with Crippen LogP contribution in [0.25, 0.3) is 0 Å². The summed E-state index contributed by atoms with van der Waals surface area (Å²) in [6.45, 7) is 6.69. The van der Waals surface area contributed by atoms with E-state index in [1.807, 2.05) is 0 Å². The Morgan fingerprint density at radius 3 is 2.54 bits per heavy atom. The lowest BCUT2D eigenvalue weighted by Gasteiger charge is -2.19. The molecule has 1 saturated carbocycles.